The van der Waals surface area contributed by atoms with Crippen LogP contribution in [0.2, 0.25) is 0 Å². The predicted octanol–water partition coefficient (Wildman–Crippen LogP) is 2.66. The Morgan fingerprint density at radius 3 is 2.50 bits per heavy atom. The van der Waals surface area contributed by atoms with Crippen LogP contribution in [0.15, 0.2) is 71.8 Å². The minimum atomic E-state index is -3.77. The molecule has 0 saturated carbocycles. The number of hydrogen-bond acceptors (Lipinski definition) is 6. The van der Waals surface area contributed by atoms with Gasteiger partial charge in [0.25, 0.3) is 11.6 Å². The summed E-state index contributed by atoms with van der Waals surface area (Å²) in [5.41, 5.74) is 2.63. The van der Waals surface area contributed by atoms with E-state index < -0.39 is 27.4 Å². The average Bonchev–Trinajstić information content (AvgIpc) is 2.71. The summed E-state index contributed by atoms with van der Waals surface area (Å²) < 4.78 is 25.7. The Bertz CT molecular complexity index is 1240. The first kappa shape index (κ1) is 20.9. The number of benzene rings is 3. The van der Waals surface area contributed by atoms with Gasteiger partial charge in [-0.3, -0.25) is 19.2 Å². The van der Waals surface area contributed by atoms with Gasteiger partial charge in [-0.2, -0.15) is 5.10 Å². The molecule has 1 amide bonds. The van der Waals surface area contributed by atoms with E-state index in [0.29, 0.717) is 11.1 Å². The summed E-state index contributed by atoms with van der Waals surface area (Å²) in [6, 6.07) is 18.3. The number of nitro groups is 1. The van der Waals surface area contributed by atoms with Crippen LogP contribution >= 0.6 is 0 Å². The van der Waals surface area contributed by atoms with Gasteiger partial charge >= 0.3 is 0 Å². The van der Waals surface area contributed by atoms with Crippen LogP contribution in [0, 0.1) is 10.1 Å². The molecule has 0 saturated heterocycles. The Morgan fingerprint density at radius 2 is 1.77 bits per heavy atom. The van der Waals surface area contributed by atoms with Crippen molar-refractivity contribution >= 4 is 44.3 Å². The van der Waals surface area contributed by atoms with E-state index >= 15 is 0 Å². The molecule has 0 unspecified atom stereocenters. The summed E-state index contributed by atoms with van der Waals surface area (Å²) in [7, 11) is -3.77. The number of fused-ring (bicyclic) bond motifs is 1. The summed E-state index contributed by atoms with van der Waals surface area (Å²) in [6.45, 7) is -0.499. The molecule has 154 valence electrons. The molecule has 0 aliphatic heterocycles. The van der Waals surface area contributed by atoms with Crippen LogP contribution < -0.4 is 9.73 Å². The molecule has 0 atom stereocenters. The van der Waals surface area contributed by atoms with Crippen LogP contribution in [-0.4, -0.2) is 38.3 Å². The van der Waals surface area contributed by atoms with Crippen LogP contribution in [0.1, 0.15) is 5.56 Å². The van der Waals surface area contributed by atoms with Gasteiger partial charge in [-0.25, -0.2) is 13.8 Å². The molecule has 9 nitrogen and oxygen atoms in total. The Hall–Kier alpha value is -3.79. The van der Waals surface area contributed by atoms with E-state index in [1.165, 1.54) is 18.2 Å². The quantitative estimate of drug-likeness (QED) is 0.354. The van der Waals surface area contributed by atoms with E-state index in [0.717, 1.165) is 22.2 Å². The van der Waals surface area contributed by atoms with E-state index in [4.69, 9.17) is 0 Å². The highest BCUT2D eigenvalue weighted by Crippen LogP contribution is 2.28. The number of hydrazone groups is 1. The first-order valence-corrected chi connectivity index (χ1v) is 10.6. The third kappa shape index (κ3) is 4.78. The molecule has 10 heteroatoms. The average molecular weight is 426 g/mol. The van der Waals surface area contributed by atoms with Crippen molar-refractivity contribution in [2.24, 2.45) is 5.10 Å². The maximum absolute atomic E-state index is 12.4. The van der Waals surface area contributed by atoms with E-state index in [2.05, 4.69) is 10.5 Å². The van der Waals surface area contributed by atoms with E-state index in [1.54, 1.807) is 30.3 Å². The number of nitrogens with one attached hydrogen (secondary N) is 1. The highest BCUT2D eigenvalue weighted by Gasteiger charge is 2.22. The number of nitro benzene ring substituents is 1. The third-order valence-corrected chi connectivity index (χ3v) is 5.38. The topological polar surface area (TPSA) is 122 Å². The van der Waals surface area contributed by atoms with E-state index in [1.807, 2.05) is 18.2 Å². The third-order valence-electron chi connectivity index (χ3n) is 4.25. The van der Waals surface area contributed by atoms with Crippen molar-refractivity contribution in [3.63, 3.8) is 0 Å². The van der Waals surface area contributed by atoms with Crippen molar-refractivity contribution in [3.05, 3.63) is 82.4 Å². The van der Waals surface area contributed by atoms with Crippen molar-refractivity contribution in [1.29, 1.82) is 0 Å². The second-order valence-corrected chi connectivity index (χ2v) is 8.28. The fraction of sp³-hybridized carbons (Fsp3) is 0.100. The van der Waals surface area contributed by atoms with E-state index in [9.17, 15) is 23.3 Å². The zero-order valence-electron chi connectivity index (χ0n) is 15.9. The number of nitrogens with zero attached hydrogens (tertiary/aromatic N) is 3. The lowest BCUT2D eigenvalue weighted by Crippen LogP contribution is -2.39. The molecule has 1 N–H and O–H groups in total. The Kier molecular flexibility index (Phi) is 6.07. The molecule has 0 fully saturated rings. The van der Waals surface area contributed by atoms with E-state index in [-0.39, 0.29) is 11.3 Å². The molecule has 0 bridgehead atoms. The van der Waals surface area contributed by atoms with Crippen LogP contribution in [0.5, 0.6) is 0 Å². The second kappa shape index (κ2) is 8.70. The number of amides is 1. The highest BCUT2D eigenvalue weighted by molar-refractivity contribution is 7.92. The van der Waals surface area contributed by atoms with Gasteiger partial charge in [0.05, 0.1) is 28.6 Å². The van der Waals surface area contributed by atoms with Crippen LogP contribution in [0.3, 0.4) is 0 Å². The summed E-state index contributed by atoms with van der Waals surface area (Å²) >= 11 is 0. The SMILES string of the molecule is CS(=O)(=O)N(CC(=O)NN=Cc1ccccc1[N+](=O)[O-])c1cccc2ccccc12. The lowest BCUT2D eigenvalue weighted by molar-refractivity contribution is -0.385. The van der Waals surface area contributed by atoms with Gasteiger partial charge in [0.15, 0.2) is 0 Å². The Balaban J connectivity index is 1.82. The molecular weight excluding hydrogens is 408 g/mol. The minimum Gasteiger partial charge on any atom is -0.271 e. The smallest absolute Gasteiger partial charge is 0.271 e. The first-order valence-electron chi connectivity index (χ1n) is 8.78. The molecule has 0 aliphatic carbocycles. The van der Waals surface area contributed by atoms with Gasteiger partial charge in [0.1, 0.15) is 6.54 Å². The van der Waals surface area contributed by atoms with Gasteiger partial charge in [0.2, 0.25) is 10.0 Å². The maximum atomic E-state index is 12.4. The fourth-order valence-electron chi connectivity index (χ4n) is 2.91. The summed E-state index contributed by atoms with van der Waals surface area (Å²) in [5, 5.41) is 16.3. The molecule has 0 aliphatic rings. The number of hydrogen-bond donors (Lipinski definition) is 1. The number of sulfonamides is 1. The van der Waals surface area contributed by atoms with Gasteiger partial charge < -0.3 is 0 Å². The predicted molar refractivity (Wildman–Crippen MR) is 115 cm³/mol. The normalized spacial score (nSPS) is 11.5. The number of para-hydroxylation sites is 1. The molecule has 0 aromatic heterocycles. The van der Waals surface area contributed by atoms with Crippen molar-refractivity contribution in [2.45, 2.75) is 0 Å². The van der Waals surface area contributed by atoms with Crippen LogP contribution in [-0.2, 0) is 14.8 Å². The standard InChI is InChI=1S/C20H18N4O5S/c1-30(28,29)23(19-12-6-9-15-7-2-4-10-17(15)19)14-20(25)22-21-13-16-8-3-5-11-18(16)24(26)27/h2-13H,14H2,1H3,(H,22,25). The number of rotatable bonds is 7. The molecule has 3 aromatic carbocycles. The summed E-state index contributed by atoms with van der Waals surface area (Å²) in [4.78, 5) is 22.8. The minimum absolute atomic E-state index is 0.163. The van der Waals surface area contributed by atoms with Crippen molar-refractivity contribution in [1.82, 2.24) is 5.43 Å². The molecule has 0 radical (unpaired) electrons. The van der Waals surface area contributed by atoms with Gasteiger partial charge in [-0.05, 0) is 17.5 Å². The first-order chi connectivity index (χ1) is 14.3. The molecule has 0 heterocycles. The molecule has 30 heavy (non-hydrogen) atoms. The molecule has 0 spiro atoms. The fourth-order valence-corrected chi connectivity index (χ4v) is 3.78. The van der Waals surface area contributed by atoms with Crippen LogP contribution in [0.4, 0.5) is 11.4 Å². The maximum Gasteiger partial charge on any atom is 0.278 e. The van der Waals surface area contributed by atoms with Crippen LogP contribution in [0.25, 0.3) is 10.8 Å². The van der Waals surface area contributed by atoms with Gasteiger partial charge in [-0.1, -0.05) is 48.5 Å². The second-order valence-electron chi connectivity index (χ2n) is 6.38. The highest BCUT2D eigenvalue weighted by atomic mass is 32.2. The lowest BCUT2D eigenvalue weighted by Gasteiger charge is -2.23. The lowest BCUT2D eigenvalue weighted by atomic mass is 10.1. The van der Waals surface area contributed by atoms with Crippen molar-refractivity contribution < 1.29 is 18.1 Å². The monoisotopic (exact) mass is 426 g/mol. The van der Waals surface area contributed by atoms with Crippen molar-refractivity contribution in [3.8, 4) is 0 Å². The Labute approximate surface area is 172 Å². The molecule has 3 aromatic rings. The number of carbonyl (C=O) groups excluding carboxylic acids is 1. The number of anilines is 1. The van der Waals surface area contributed by atoms with Gasteiger partial charge in [0, 0.05) is 11.5 Å². The molecular formula is C20H18N4O5S. The molecule has 3 rings (SSSR count). The summed E-state index contributed by atoms with van der Waals surface area (Å²) in [6.07, 6.45) is 2.15. The zero-order valence-corrected chi connectivity index (χ0v) is 16.7. The zero-order chi connectivity index (χ0) is 21.7. The van der Waals surface area contributed by atoms with Crippen molar-refractivity contribution in [2.75, 3.05) is 17.1 Å². The van der Waals surface area contributed by atoms with Gasteiger partial charge in [-0.15, -0.1) is 0 Å². The Morgan fingerprint density at radius 1 is 1.10 bits per heavy atom. The summed E-state index contributed by atoms with van der Waals surface area (Å²) in [5.74, 6) is -0.691. The largest absolute Gasteiger partial charge is 0.278 e. The number of carbonyl (C=O) groups is 1.